The number of alkyl halides is 3. The predicted octanol–water partition coefficient (Wildman–Crippen LogP) is 3.16. The third kappa shape index (κ3) is 4.43. The quantitative estimate of drug-likeness (QED) is 0.587. The van der Waals surface area contributed by atoms with Gasteiger partial charge in [-0.25, -0.2) is 4.98 Å². The lowest BCUT2D eigenvalue weighted by atomic mass is 10.3. The van der Waals surface area contributed by atoms with Crippen molar-refractivity contribution in [3.8, 4) is 0 Å². The van der Waals surface area contributed by atoms with Crippen molar-refractivity contribution in [2.75, 3.05) is 13.2 Å². The van der Waals surface area contributed by atoms with Crippen LogP contribution in [0.1, 0.15) is 34.4 Å². The molecule has 0 spiro atoms. The largest absolute Gasteiger partial charge is 0.443 e. The molecular formula is C10H12F3NO2S. The molecule has 96 valence electrons. The predicted molar refractivity (Wildman–Crippen MR) is 57.2 cm³/mol. The standard InChI is InChI=1S/C10H12F3NO2S/c1-2-4-16-5-3-7(15)8-6-14-9(17-8)10(11,12)13/h6H,2-5H2,1H3. The van der Waals surface area contributed by atoms with Crippen LogP contribution in [0.3, 0.4) is 0 Å². The summed E-state index contributed by atoms with van der Waals surface area (Å²) in [5, 5.41) is -0.990. The first-order chi connectivity index (χ1) is 7.95. The summed E-state index contributed by atoms with van der Waals surface area (Å²) in [4.78, 5) is 14.7. The van der Waals surface area contributed by atoms with Gasteiger partial charge in [0.25, 0.3) is 0 Å². The molecule has 0 saturated carbocycles. The summed E-state index contributed by atoms with van der Waals surface area (Å²) in [5.74, 6) is -0.367. The smallest absolute Gasteiger partial charge is 0.381 e. The number of nitrogens with zero attached hydrogens (tertiary/aromatic N) is 1. The van der Waals surface area contributed by atoms with Gasteiger partial charge in [0, 0.05) is 19.2 Å². The maximum Gasteiger partial charge on any atom is 0.443 e. The van der Waals surface area contributed by atoms with Gasteiger partial charge in [-0.3, -0.25) is 4.79 Å². The van der Waals surface area contributed by atoms with Crippen molar-refractivity contribution in [3.63, 3.8) is 0 Å². The van der Waals surface area contributed by atoms with E-state index in [1.807, 2.05) is 6.92 Å². The zero-order chi connectivity index (χ0) is 12.9. The average molecular weight is 267 g/mol. The van der Waals surface area contributed by atoms with Crippen LogP contribution in [0.25, 0.3) is 0 Å². The molecule has 17 heavy (non-hydrogen) atoms. The molecule has 0 aliphatic carbocycles. The van der Waals surface area contributed by atoms with E-state index in [9.17, 15) is 18.0 Å². The fourth-order valence-electron chi connectivity index (χ4n) is 1.07. The SMILES string of the molecule is CCCOCCC(=O)c1cnc(C(F)(F)F)s1. The Labute approximate surface area is 101 Å². The van der Waals surface area contributed by atoms with Crippen LogP contribution < -0.4 is 0 Å². The monoisotopic (exact) mass is 267 g/mol. The first kappa shape index (κ1) is 14.1. The second-order valence-electron chi connectivity index (χ2n) is 3.31. The molecule has 0 atom stereocenters. The van der Waals surface area contributed by atoms with Gasteiger partial charge >= 0.3 is 6.18 Å². The Kier molecular flexibility index (Phi) is 5.07. The zero-order valence-electron chi connectivity index (χ0n) is 9.21. The highest BCUT2D eigenvalue weighted by Crippen LogP contribution is 2.32. The molecule has 7 heteroatoms. The first-order valence-electron chi connectivity index (χ1n) is 5.09. The molecule has 0 radical (unpaired) electrons. The van der Waals surface area contributed by atoms with Gasteiger partial charge in [0.2, 0.25) is 0 Å². The Morgan fingerprint density at radius 1 is 1.47 bits per heavy atom. The molecule has 0 aromatic carbocycles. The van der Waals surface area contributed by atoms with E-state index in [0.29, 0.717) is 17.9 Å². The number of Topliss-reactive ketones (excluding diaryl/α,β-unsaturated/α-hetero) is 1. The third-order valence-electron chi connectivity index (χ3n) is 1.84. The Bertz CT molecular complexity index is 376. The molecule has 1 aromatic rings. The van der Waals surface area contributed by atoms with Crippen molar-refractivity contribution in [2.24, 2.45) is 0 Å². The van der Waals surface area contributed by atoms with Crippen LogP contribution in [-0.2, 0) is 10.9 Å². The second-order valence-corrected chi connectivity index (χ2v) is 4.34. The zero-order valence-corrected chi connectivity index (χ0v) is 10.0. The molecule has 0 aliphatic heterocycles. The molecule has 0 bridgehead atoms. The highest BCUT2D eigenvalue weighted by atomic mass is 32.1. The molecule has 1 aromatic heterocycles. The Morgan fingerprint density at radius 2 is 2.18 bits per heavy atom. The number of halogens is 3. The normalized spacial score (nSPS) is 11.8. The van der Waals surface area contributed by atoms with Gasteiger partial charge < -0.3 is 4.74 Å². The summed E-state index contributed by atoms with van der Waals surface area (Å²) in [6.07, 6.45) is -2.59. The van der Waals surface area contributed by atoms with Crippen molar-refractivity contribution >= 4 is 17.1 Å². The lowest BCUT2D eigenvalue weighted by Gasteiger charge is -2.00. The molecule has 0 saturated heterocycles. The van der Waals surface area contributed by atoms with Gasteiger partial charge in [-0.2, -0.15) is 13.2 Å². The number of rotatable bonds is 6. The van der Waals surface area contributed by atoms with Crippen molar-refractivity contribution in [1.29, 1.82) is 0 Å². The van der Waals surface area contributed by atoms with Crippen LogP contribution in [0.5, 0.6) is 0 Å². The van der Waals surface area contributed by atoms with Gasteiger partial charge in [0.05, 0.1) is 11.5 Å². The maximum atomic E-state index is 12.2. The number of hydrogen-bond donors (Lipinski definition) is 0. The van der Waals surface area contributed by atoms with E-state index in [4.69, 9.17) is 4.74 Å². The van der Waals surface area contributed by atoms with Crippen molar-refractivity contribution in [2.45, 2.75) is 25.9 Å². The number of carbonyl (C=O) groups excluding carboxylic acids is 1. The fraction of sp³-hybridized carbons (Fsp3) is 0.600. The van der Waals surface area contributed by atoms with Gasteiger partial charge in [-0.15, -0.1) is 11.3 Å². The molecule has 0 fully saturated rings. The summed E-state index contributed by atoms with van der Waals surface area (Å²) in [7, 11) is 0. The number of thiazole rings is 1. The number of aromatic nitrogens is 1. The maximum absolute atomic E-state index is 12.2. The average Bonchev–Trinajstić information content (AvgIpc) is 2.72. The number of hydrogen-bond acceptors (Lipinski definition) is 4. The van der Waals surface area contributed by atoms with Crippen LogP contribution >= 0.6 is 11.3 Å². The molecule has 1 rings (SSSR count). The minimum atomic E-state index is -4.48. The molecule has 0 N–H and O–H groups in total. The lowest BCUT2D eigenvalue weighted by Crippen LogP contribution is -2.04. The van der Waals surface area contributed by atoms with E-state index in [-0.39, 0.29) is 23.7 Å². The Balaban J connectivity index is 2.50. The topological polar surface area (TPSA) is 39.2 Å². The van der Waals surface area contributed by atoms with Crippen LogP contribution in [0.2, 0.25) is 0 Å². The van der Waals surface area contributed by atoms with Crippen molar-refractivity contribution in [1.82, 2.24) is 4.98 Å². The van der Waals surface area contributed by atoms with Crippen LogP contribution in [-0.4, -0.2) is 24.0 Å². The van der Waals surface area contributed by atoms with Gasteiger partial charge in [0.1, 0.15) is 0 Å². The van der Waals surface area contributed by atoms with E-state index in [0.717, 1.165) is 12.6 Å². The van der Waals surface area contributed by atoms with Crippen LogP contribution in [0.4, 0.5) is 13.2 Å². The number of carbonyl (C=O) groups is 1. The molecule has 0 amide bonds. The van der Waals surface area contributed by atoms with Gasteiger partial charge in [-0.1, -0.05) is 6.92 Å². The van der Waals surface area contributed by atoms with E-state index < -0.39 is 11.2 Å². The summed E-state index contributed by atoms with van der Waals surface area (Å²) in [5.41, 5.74) is 0. The van der Waals surface area contributed by atoms with E-state index in [1.54, 1.807) is 0 Å². The highest BCUT2D eigenvalue weighted by molar-refractivity contribution is 7.13. The van der Waals surface area contributed by atoms with E-state index in [1.165, 1.54) is 0 Å². The van der Waals surface area contributed by atoms with Gasteiger partial charge in [0.15, 0.2) is 10.8 Å². The highest BCUT2D eigenvalue weighted by Gasteiger charge is 2.35. The summed E-state index contributed by atoms with van der Waals surface area (Å²) >= 11 is 0.371. The van der Waals surface area contributed by atoms with E-state index in [2.05, 4.69) is 4.98 Å². The van der Waals surface area contributed by atoms with Crippen LogP contribution in [0, 0.1) is 0 Å². The number of ketones is 1. The first-order valence-corrected chi connectivity index (χ1v) is 5.90. The Hall–Kier alpha value is -0.950. The molecule has 3 nitrogen and oxygen atoms in total. The summed E-state index contributed by atoms with van der Waals surface area (Å²) in [6.45, 7) is 2.70. The minimum absolute atomic E-state index is 0.0254. The van der Waals surface area contributed by atoms with Crippen molar-refractivity contribution in [3.05, 3.63) is 16.1 Å². The summed E-state index contributed by atoms with van der Waals surface area (Å²) in [6, 6.07) is 0. The van der Waals surface area contributed by atoms with Gasteiger partial charge in [-0.05, 0) is 6.42 Å². The van der Waals surface area contributed by atoms with Crippen molar-refractivity contribution < 1.29 is 22.7 Å². The van der Waals surface area contributed by atoms with Crippen LogP contribution in [0.15, 0.2) is 6.20 Å². The summed E-state index contributed by atoms with van der Waals surface area (Å²) < 4.78 is 41.8. The minimum Gasteiger partial charge on any atom is -0.381 e. The molecule has 1 heterocycles. The molecule has 0 unspecified atom stereocenters. The molecule has 0 aliphatic rings. The molecular weight excluding hydrogens is 255 g/mol. The third-order valence-corrected chi connectivity index (χ3v) is 2.93. The van der Waals surface area contributed by atoms with E-state index >= 15 is 0 Å². The second kappa shape index (κ2) is 6.11. The lowest BCUT2D eigenvalue weighted by molar-refractivity contribution is -0.137. The Morgan fingerprint density at radius 3 is 2.71 bits per heavy atom. The fourth-order valence-corrected chi connectivity index (χ4v) is 1.82. The number of ether oxygens (including phenoxy) is 1.